The highest BCUT2D eigenvalue weighted by Gasteiger charge is 2.31. The highest BCUT2D eigenvalue weighted by atomic mass is 35.5. The molecule has 1 aliphatic rings. The van der Waals surface area contributed by atoms with Crippen LogP contribution in [0.4, 0.5) is 0 Å². The number of benzene rings is 1. The zero-order valence-corrected chi connectivity index (χ0v) is 8.51. The molecule has 0 amide bonds. The van der Waals surface area contributed by atoms with Crippen LogP contribution < -0.4 is 5.32 Å². The minimum atomic E-state index is 0.735. The van der Waals surface area contributed by atoms with Crippen molar-refractivity contribution in [1.29, 1.82) is 0 Å². The lowest BCUT2D eigenvalue weighted by Gasteiger charge is -2.03. The molecule has 13 heavy (non-hydrogen) atoms. The van der Waals surface area contributed by atoms with E-state index in [1.54, 1.807) is 0 Å². The van der Waals surface area contributed by atoms with Crippen molar-refractivity contribution in [1.82, 2.24) is 5.32 Å². The van der Waals surface area contributed by atoms with Gasteiger partial charge in [-0.05, 0) is 30.0 Å². The minimum absolute atomic E-state index is 0.735. The zero-order valence-electron chi connectivity index (χ0n) is 7.76. The molecule has 2 rings (SSSR count). The standard InChI is InChI=1S/C11H14ClN/c1-8-5-11(8)13-7-9-3-2-4-10(12)6-9/h2-4,6,8,11,13H,5,7H2,1H3. The van der Waals surface area contributed by atoms with Crippen molar-refractivity contribution in [3.8, 4) is 0 Å². The van der Waals surface area contributed by atoms with Crippen LogP contribution in [0.3, 0.4) is 0 Å². The van der Waals surface area contributed by atoms with Gasteiger partial charge in [-0.15, -0.1) is 0 Å². The van der Waals surface area contributed by atoms with E-state index in [1.165, 1.54) is 12.0 Å². The Labute approximate surface area is 84.1 Å². The molecule has 0 spiro atoms. The molecule has 1 aromatic carbocycles. The summed E-state index contributed by atoms with van der Waals surface area (Å²) in [5.41, 5.74) is 1.27. The third-order valence-electron chi connectivity index (χ3n) is 2.57. The molecule has 0 heterocycles. The van der Waals surface area contributed by atoms with E-state index in [9.17, 15) is 0 Å². The summed E-state index contributed by atoms with van der Waals surface area (Å²) in [4.78, 5) is 0. The summed E-state index contributed by atoms with van der Waals surface area (Å²) in [6.07, 6.45) is 1.32. The predicted molar refractivity (Wildman–Crippen MR) is 55.9 cm³/mol. The Morgan fingerprint density at radius 3 is 2.92 bits per heavy atom. The quantitative estimate of drug-likeness (QED) is 0.782. The summed E-state index contributed by atoms with van der Waals surface area (Å²) in [7, 11) is 0. The largest absolute Gasteiger partial charge is 0.310 e. The summed E-state index contributed by atoms with van der Waals surface area (Å²) in [6.45, 7) is 3.21. The first-order chi connectivity index (χ1) is 6.25. The summed E-state index contributed by atoms with van der Waals surface area (Å²) >= 11 is 5.88. The van der Waals surface area contributed by atoms with Crippen LogP contribution in [0.1, 0.15) is 18.9 Å². The van der Waals surface area contributed by atoms with Gasteiger partial charge >= 0.3 is 0 Å². The maximum absolute atomic E-state index is 5.88. The predicted octanol–water partition coefficient (Wildman–Crippen LogP) is 2.84. The van der Waals surface area contributed by atoms with Crippen LogP contribution in [0.15, 0.2) is 24.3 Å². The van der Waals surface area contributed by atoms with Crippen LogP contribution in [0.5, 0.6) is 0 Å². The molecule has 0 radical (unpaired) electrons. The van der Waals surface area contributed by atoms with Crippen LogP contribution in [0.25, 0.3) is 0 Å². The third kappa shape index (κ3) is 2.45. The van der Waals surface area contributed by atoms with Gasteiger partial charge in [-0.25, -0.2) is 0 Å². The van der Waals surface area contributed by atoms with Crippen LogP contribution in [0, 0.1) is 5.92 Å². The van der Waals surface area contributed by atoms with Crippen molar-refractivity contribution in [3.63, 3.8) is 0 Å². The van der Waals surface area contributed by atoms with Gasteiger partial charge < -0.3 is 5.32 Å². The average molecular weight is 196 g/mol. The number of halogens is 1. The molecule has 0 aliphatic heterocycles. The van der Waals surface area contributed by atoms with Crippen LogP contribution in [-0.4, -0.2) is 6.04 Å². The van der Waals surface area contributed by atoms with Crippen molar-refractivity contribution in [2.24, 2.45) is 5.92 Å². The smallest absolute Gasteiger partial charge is 0.0409 e. The van der Waals surface area contributed by atoms with E-state index in [4.69, 9.17) is 11.6 Å². The Bertz CT molecular complexity index is 298. The molecule has 2 unspecified atom stereocenters. The Balaban J connectivity index is 1.87. The molecule has 2 atom stereocenters. The lowest BCUT2D eigenvalue weighted by atomic mass is 10.2. The molecule has 70 valence electrons. The van der Waals surface area contributed by atoms with Gasteiger partial charge in [0.25, 0.3) is 0 Å². The van der Waals surface area contributed by atoms with Crippen LogP contribution in [0.2, 0.25) is 5.02 Å². The second-order valence-electron chi connectivity index (χ2n) is 3.83. The van der Waals surface area contributed by atoms with Gasteiger partial charge in [0, 0.05) is 17.6 Å². The van der Waals surface area contributed by atoms with Crippen molar-refractivity contribution in [2.75, 3.05) is 0 Å². The minimum Gasteiger partial charge on any atom is -0.310 e. The summed E-state index contributed by atoms with van der Waals surface area (Å²) in [5.74, 6) is 0.860. The number of nitrogens with one attached hydrogen (secondary N) is 1. The summed E-state index contributed by atoms with van der Waals surface area (Å²) in [5, 5.41) is 4.31. The molecule has 1 nitrogen and oxygen atoms in total. The second-order valence-corrected chi connectivity index (χ2v) is 4.27. The molecular formula is C11H14ClN. The Morgan fingerprint density at radius 1 is 1.54 bits per heavy atom. The van der Waals surface area contributed by atoms with Crippen molar-refractivity contribution in [2.45, 2.75) is 25.9 Å². The molecule has 1 fully saturated rings. The molecule has 0 bridgehead atoms. The Hall–Kier alpha value is -0.530. The van der Waals surface area contributed by atoms with Gasteiger partial charge in [-0.2, -0.15) is 0 Å². The molecule has 1 N–H and O–H groups in total. The van der Waals surface area contributed by atoms with E-state index in [1.807, 2.05) is 18.2 Å². The summed E-state index contributed by atoms with van der Waals surface area (Å²) in [6, 6.07) is 8.76. The highest BCUT2D eigenvalue weighted by molar-refractivity contribution is 6.30. The van der Waals surface area contributed by atoms with Gasteiger partial charge in [0.05, 0.1) is 0 Å². The molecule has 0 saturated heterocycles. The molecule has 2 heteroatoms. The van der Waals surface area contributed by atoms with E-state index < -0.39 is 0 Å². The van der Waals surface area contributed by atoms with E-state index >= 15 is 0 Å². The first-order valence-corrected chi connectivity index (χ1v) is 5.11. The molecule has 1 aromatic rings. The first kappa shape index (κ1) is 9.04. The normalized spacial score (nSPS) is 26.0. The third-order valence-corrected chi connectivity index (χ3v) is 2.80. The van der Waals surface area contributed by atoms with Crippen LogP contribution >= 0.6 is 11.6 Å². The molecule has 1 aliphatic carbocycles. The van der Waals surface area contributed by atoms with Crippen molar-refractivity contribution < 1.29 is 0 Å². The molecule has 1 saturated carbocycles. The maximum atomic E-state index is 5.88. The van der Waals surface area contributed by atoms with Crippen molar-refractivity contribution >= 4 is 11.6 Å². The van der Waals surface area contributed by atoms with Gasteiger partial charge in [-0.1, -0.05) is 30.7 Å². The van der Waals surface area contributed by atoms with E-state index in [2.05, 4.69) is 18.3 Å². The van der Waals surface area contributed by atoms with E-state index in [0.29, 0.717) is 0 Å². The van der Waals surface area contributed by atoms with Gasteiger partial charge in [0.1, 0.15) is 0 Å². The lowest BCUT2D eigenvalue weighted by molar-refractivity contribution is 0.652. The fourth-order valence-electron chi connectivity index (χ4n) is 1.50. The zero-order chi connectivity index (χ0) is 9.26. The topological polar surface area (TPSA) is 12.0 Å². The number of rotatable bonds is 3. The van der Waals surface area contributed by atoms with Gasteiger partial charge in [0.15, 0.2) is 0 Å². The van der Waals surface area contributed by atoms with Gasteiger partial charge in [-0.3, -0.25) is 0 Å². The lowest BCUT2D eigenvalue weighted by Crippen LogP contribution is -2.16. The monoisotopic (exact) mass is 195 g/mol. The summed E-state index contributed by atoms with van der Waals surface area (Å²) < 4.78 is 0. The highest BCUT2D eigenvalue weighted by Crippen LogP contribution is 2.29. The van der Waals surface area contributed by atoms with E-state index in [0.717, 1.165) is 23.5 Å². The number of hydrogen-bond donors (Lipinski definition) is 1. The first-order valence-electron chi connectivity index (χ1n) is 4.73. The van der Waals surface area contributed by atoms with Crippen molar-refractivity contribution in [3.05, 3.63) is 34.9 Å². The Kier molecular flexibility index (Phi) is 2.56. The average Bonchev–Trinajstić information content (AvgIpc) is 2.79. The van der Waals surface area contributed by atoms with Crippen LogP contribution in [-0.2, 0) is 6.54 Å². The SMILES string of the molecule is CC1CC1NCc1cccc(Cl)c1. The van der Waals surface area contributed by atoms with E-state index in [-0.39, 0.29) is 0 Å². The van der Waals surface area contributed by atoms with Gasteiger partial charge in [0.2, 0.25) is 0 Å². The number of hydrogen-bond acceptors (Lipinski definition) is 1. The molecule has 0 aromatic heterocycles. The fraction of sp³-hybridized carbons (Fsp3) is 0.455. The molecular weight excluding hydrogens is 182 g/mol. The second kappa shape index (κ2) is 3.69. The maximum Gasteiger partial charge on any atom is 0.0409 e. The fourth-order valence-corrected chi connectivity index (χ4v) is 1.72. The Morgan fingerprint density at radius 2 is 2.31 bits per heavy atom.